The molecule has 3 heteroatoms. The Morgan fingerprint density at radius 2 is 2.25 bits per heavy atom. The number of hydrogen-bond donors (Lipinski definition) is 2. The molecule has 3 nitrogen and oxygen atoms in total. The highest BCUT2D eigenvalue weighted by Crippen LogP contribution is 2.39. The molecule has 1 heterocycles. The Bertz CT molecular complexity index is 306. The average molecular weight is 219 g/mol. The number of nitrogens with zero attached hydrogens (tertiary/aromatic N) is 1. The molecule has 0 bridgehead atoms. The summed E-state index contributed by atoms with van der Waals surface area (Å²) in [5, 5.41) is 6.86. The SMILES string of the molecule is CNCC1(CNCc2cccnc2)CCC1. The predicted molar refractivity (Wildman–Crippen MR) is 66.2 cm³/mol. The quantitative estimate of drug-likeness (QED) is 0.762. The van der Waals surface area contributed by atoms with Crippen molar-refractivity contribution in [2.24, 2.45) is 5.41 Å². The van der Waals surface area contributed by atoms with Gasteiger partial charge in [-0.2, -0.15) is 0 Å². The van der Waals surface area contributed by atoms with Crippen LogP contribution in [0.1, 0.15) is 24.8 Å². The Morgan fingerprint density at radius 3 is 2.81 bits per heavy atom. The fraction of sp³-hybridized carbons (Fsp3) is 0.615. The van der Waals surface area contributed by atoms with Gasteiger partial charge < -0.3 is 10.6 Å². The van der Waals surface area contributed by atoms with Crippen molar-refractivity contribution in [1.82, 2.24) is 15.6 Å². The van der Waals surface area contributed by atoms with Crippen LogP contribution < -0.4 is 10.6 Å². The first-order valence-electron chi connectivity index (χ1n) is 6.09. The van der Waals surface area contributed by atoms with Crippen LogP contribution in [-0.4, -0.2) is 25.1 Å². The maximum Gasteiger partial charge on any atom is 0.0312 e. The molecule has 16 heavy (non-hydrogen) atoms. The van der Waals surface area contributed by atoms with Crippen LogP contribution in [0, 0.1) is 5.41 Å². The maximum absolute atomic E-state index is 4.12. The van der Waals surface area contributed by atoms with Crippen LogP contribution in [0.3, 0.4) is 0 Å². The van der Waals surface area contributed by atoms with Gasteiger partial charge in [0, 0.05) is 32.0 Å². The van der Waals surface area contributed by atoms with Gasteiger partial charge in [-0.1, -0.05) is 12.5 Å². The molecule has 0 aliphatic heterocycles. The van der Waals surface area contributed by atoms with Crippen molar-refractivity contribution in [1.29, 1.82) is 0 Å². The molecule has 88 valence electrons. The highest BCUT2D eigenvalue weighted by Gasteiger charge is 2.35. The Labute approximate surface area is 97.7 Å². The first kappa shape index (κ1) is 11.6. The smallest absolute Gasteiger partial charge is 0.0312 e. The van der Waals surface area contributed by atoms with Gasteiger partial charge in [0.15, 0.2) is 0 Å². The minimum absolute atomic E-state index is 0.511. The topological polar surface area (TPSA) is 37.0 Å². The van der Waals surface area contributed by atoms with Gasteiger partial charge in [0.25, 0.3) is 0 Å². The number of hydrogen-bond acceptors (Lipinski definition) is 3. The summed E-state index contributed by atoms with van der Waals surface area (Å²) in [6.45, 7) is 3.18. The van der Waals surface area contributed by atoms with Gasteiger partial charge in [0.2, 0.25) is 0 Å². The molecule has 1 saturated carbocycles. The summed E-state index contributed by atoms with van der Waals surface area (Å²) in [6.07, 6.45) is 7.84. The molecule has 2 N–H and O–H groups in total. The van der Waals surface area contributed by atoms with Gasteiger partial charge in [0.1, 0.15) is 0 Å². The summed E-state index contributed by atoms with van der Waals surface area (Å²) in [7, 11) is 2.04. The molecule has 1 aromatic heterocycles. The third kappa shape index (κ3) is 2.80. The van der Waals surface area contributed by atoms with E-state index in [1.165, 1.54) is 24.8 Å². The zero-order valence-corrected chi connectivity index (χ0v) is 10.00. The van der Waals surface area contributed by atoms with E-state index in [4.69, 9.17) is 0 Å². The Balaban J connectivity index is 1.75. The van der Waals surface area contributed by atoms with E-state index < -0.39 is 0 Å². The lowest BCUT2D eigenvalue weighted by molar-refractivity contribution is 0.130. The number of pyridine rings is 1. The fourth-order valence-corrected chi connectivity index (χ4v) is 2.44. The number of aromatic nitrogens is 1. The highest BCUT2D eigenvalue weighted by molar-refractivity contribution is 5.08. The summed E-state index contributed by atoms with van der Waals surface area (Å²) in [4.78, 5) is 4.12. The molecular formula is C13H21N3. The summed E-state index contributed by atoms with van der Waals surface area (Å²) in [6, 6.07) is 4.11. The van der Waals surface area contributed by atoms with Crippen LogP contribution >= 0.6 is 0 Å². The van der Waals surface area contributed by atoms with E-state index in [1.807, 2.05) is 25.5 Å². The predicted octanol–water partition coefficient (Wildman–Crippen LogP) is 1.56. The lowest BCUT2D eigenvalue weighted by Crippen LogP contribution is -2.46. The molecule has 0 atom stereocenters. The van der Waals surface area contributed by atoms with Crippen LogP contribution in [0.2, 0.25) is 0 Å². The van der Waals surface area contributed by atoms with Crippen molar-refractivity contribution in [3.63, 3.8) is 0 Å². The normalized spacial score (nSPS) is 18.1. The van der Waals surface area contributed by atoms with E-state index in [0.29, 0.717) is 5.41 Å². The van der Waals surface area contributed by atoms with E-state index >= 15 is 0 Å². The molecule has 1 aliphatic rings. The van der Waals surface area contributed by atoms with Crippen LogP contribution in [0.5, 0.6) is 0 Å². The van der Waals surface area contributed by atoms with E-state index in [2.05, 4.69) is 21.7 Å². The van der Waals surface area contributed by atoms with Crippen LogP contribution in [0.15, 0.2) is 24.5 Å². The summed E-state index contributed by atoms with van der Waals surface area (Å²) < 4.78 is 0. The third-order valence-corrected chi connectivity index (χ3v) is 3.52. The zero-order chi connectivity index (χ0) is 11.3. The van der Waals surface area contributed by atoms with Crippen LogP contribution in [0.4, 0.5) is 0 Å². The van der Waals surface area contributed by atoms with E-state index in [1.54, 1.807) is 0 Å². The molecule has 0 aromatic carbocycles. The first-order valence-corrected chi connectivity index (χ1v) is 6.09. The molecule has 0 unspecified atom stereocenters. The largest absolute Gasteiger partial charge is 0.319 e. The molecule has 1 fully saturated rings. The Hall–Kier alpha value is -0.930. The van der Waals surface area contributed by atoms with Gasteiger partial charge >= 0.3 is 0 Å². The Kier molecular flexibility index (Phi) is 3.91. The summed E-state index contributed by atoms with van der Waals surface area (Å²) >= 11 is 0. The van der Waals surface area contributed by atoms with E-state index in [0.717, 1.165) is 19.6 Å². The lowest BCUT2D eigenvalue weighted by Gasteiger charge is -2.42. The average Bonchev–Trinajstić information content (AvgIpc) is 2.27. The molecule has 0 spiro atoms. The lowest BCUT2D eigenvalue weighted by atomic mass is 9.68. The first-order chi connectivity index (χ1) is 7.85. The van der Waals surface area contributed by atoms with E-state index in [-0.39, 0.29) is 0 Å². The second-order valence-corrected chi connectivity index (χ2v) is 4.85. The van der Waals surface area contributed by atoms with Crippen molar-refractivity contribution in [2.75, 3.05) is 20.1 Å². The second kappa shape index (κ2) is 5.41. The standard InChI is InChI=1S/C13H21N3/c1-14-10-13(5-3-6-13)11-16-9-12-4-2-7-15-8-12/h2,4,7-8,14,16H,3,5-6,9-11H2,1H3. The number of rotatable bonds is 6. The zero-order valence-electron chi connectivity index (χ0n) is 10.00. The van der Waals surface area contributed by atoms with Crippen molar-refractivity contribution >= 4 is 0 Å². The van der Waals surface area contributed by atoms with Crippen molar-refractivity contribution in [3.05, 3.63) is 30.1 Å². The Morgan fingerprint density at radius 1 is 1.38 bits per heavy atom. The van der Waals surface area contributed by atoms with Gasteiger partial charge in [0.05, 0.1) is 0 Å². The summed E-state index contributed by atoms with van der Waals surface area (Å²) in [5.74, 6) is 0. The molecular weight excluding hydrogens is 198 g/mol. The maximum atomic E-state index is 4.12. The fourth-order valence-electron chi connectivity index (χ4n) is 2.44. The molecule has 1 aliphatic carbocycles. The van der Waals surface area contributed by atoms with Gasteiger partial charge in [-0.25, -0.2) is 0 Å². The van der Waals surface area contributed by atoms with Crippen LogP contribution in [0.25, 0.3) is 0 Å². The highest BCUT2D eigenvalue weighted by atomic mass is 14.9. The minimum Gasteiger partial charge on any atom is -0.319 e. The van der Waals surface area contributed by atoms with Gasteiger partial charge in [-0.05, 0) is 36.9 Å². The second-order valence-electron chi connectivity index (χ2n) is 4.85. The van der Waals surface area contributed by atoms with Crippen molar-refractivity contribution in [3.8, 4) is 0 Å². The third-order valence-electron chi connectivity index (χ3n) is 3.52. The van der Waals surface area contributed by atoms with E-state index in [9.17, 15) is 0 Å². The molecule has 0 saturated heterocycles. The van der Waals surface area contributed by atoms with Gasteiger partial charge in [-0.15, -0.1) is 0 Å². The van der Waals surface area contributed by atoms with Gasteiger partial charge in [-0.3, -0.25) is 4.98 Å². The molecule has 2 rings (SSSR count). The number of nitrogens with one attached hydrogen (secondary N) is 2. The monoisotopic (exact) mass is 219 g/mol. The van der Waals surface area contributed by atoms with Crippen LogP contribution in [-0.2, 0) is 6.54 Å². The molecule has 0 radical (unpaired) electrons. The minimum atomic E-state index is 0.511. The van der Waals surface area contributed by atoms with Crippen molar-refractivity contribution < 1.29 is 0 Å². The molecule has 0 amide bonds. The summed E-state index contributed by atoms with van der Waals surface area (Å²) in [5.41, 5.74) is 1.78. The molecule has 1 aromatic rings. The van der Waals surface area contributed by atoms with Crippen molar-refractivity contribution in [2.45, 2.75) is 25.8 Å².